The van der Waals surface area contributed by atoms with Gasteiger partial charge in [0.2, 0.25) is 0 Å². The molecule has 0 aromatic carbocycles. The van der Waals surface area contributed by atoms with Gasteiger partial charge in [-0.25, -0.2) is 8.42 Å². The number of rotatable bonds is 6. The first-order valence-corrected chi connectivity index (χ1v) is 9.11. The molecule has 1 aromatic rings. The van der Waals surface area contributed by atoms with Crippen molar-refractivity contribution in [3.63, 3.8) is 0 Å². The van der Waals surface area contributed by atoms with Gasteiger partial charge in [0.25, 0.3) is 0 Å². The Morgan fingerprint density at radius 1 is 1.45 bits per heavy atom. The lowest BCUT2D eigenvalue weighted by molar-refractivity contribution is -0.139. The van der Waals surface area contributed by atoms with Gasteiger partial charge in [0, 0.05) is 22.8 Å². The van der Waals surface area contributed by atoms with E-state index in [2.05, 4.69) is 10.1 Å². The monoisotopic (exact) mass is 317 g/mol. The van der Waals surface area contributed by atoms with E-state index in [9.17, 15) is 13.2 Å². The molecule has 1 unspecified atom stereocenters. The molecule has 7 heteroatoms. The number of hydrogen-bond donors (Lipinski definition) is 1. The van der Waals surface area contributed by atoms with Gasteiger partial charge < -0.3 is 10.1 Å². The molecule has 1 aliphatic rings. The number of sulfone groups is 1. The van der Waals surface area contributed by atoms with Crippen LogP contribution in [-0.2, 0) is 32.3 Å². The summed E-state index contributed by atoms with van der Waals surface area (Å²) in [7, 11) is -1.50. The van der Waals surface area contributed by atoms with Crippen molar-refractivity contribution in [2.24, 2.45) is 0 Å². The van der Waals surface area contributed by atoms with E-state index in [-0.39, 0.29) is 17.6 Å². The zero-order valence-electron chi connectivity index (χ0n) is 11.4. The molecule has 1 N–H and O–H groups in total. The van der Waals surface area contributed by atoms with Crippen LogP contribution in [0.4, 0.5) is 0 Å². The molecular formula is C13H19NO4S2. The van der Waals surface area contributed by atoms with Gasteiger partial charge in [0.1, 0.15) is 0 Å². The molecule has 1 fully saturated rings. The predicted octanol–water partition coefficient (Wildman–Crippen LogP) is 1.13. The predicted molar refractivity (Wildman–Crippen MR) is 78.6 cm³/mol. The van der Waals surface area contributed by atoms with Crippen LogP contribution in [0, 0.1) is 0 Å². The number of nitrogens with one attached hydrogen (secondary N) is 1. The van der Waals surface area contributed by atoms with E-state index in [1.807, 2.05) is 12.1 Å². The van der Waals surface area contributed by atoms with Gasteiger partial charge in [-0.05, 0) is 25.0 Å². The molecule has 5 nitrogen and oxygen atoms in total. The summed E-state index contributed by atoms with van der Waals surface area (Å²) in [5.74, 6) is 0.0742. The first kappa shape index (κ1) is 15.5. The minimum Gasteiger partial charge on any atom is -0.469 e. The van der Waals surface area contributed by atoms with Crippen LogP contribution in [0.1, 0.15) is 22.6 Å². The van der Waals surface area contributed by atoms with Crippen molar-refractivity contribution in [1.82, 2.24) is 5.32 Å². The van der Waals surface area contributed by atoms with Gasteiger partial charge >= 0.3 is 5.97 Å². The van der Waals surface area contributed by atoms with Crippen molar-refractivity contribution in [1.29, 1.82) is 0 Å². The van der Waals surface area contributed by atoms with Crippen molar-refractivity contribution < 1.29 is 17.9 Å². The SMILES string of the molecule is COC(=O)Cc1ccc(CNCC2CCCS2(=O)=O)s1. The summed E-state index contributed by atoms with van der Waals surface area (Å²) >= 11 is 1.55. The number of methoxy groups -OCH3 is 1. The highest BCUT2D eigenvalue weighted by Crippen LogP contribution is 2.20. The maximum Gasteiger partial charge on any atom is 0.310 e. The lowest BCUT2D eigenvalue weighted by Crippen LogP contribution is -2.29. The maximum atomic E-state index is 11.7. The van der Waals surface area contributed by atoms with Gasteiger partial charge in [0.15, 0.2) is 9.84 Å². The summed E-state index contributed by atoms with van der Waals surface area (Å²) in [5.41, 5.74) is 0. The van der Waals surface area contributed by atoms with Gasteiger partial charge in [-0.15, -0.1) is 11.3 Å². The summed E-state index contributed by atoms with van der Waals surface area (Å²) < 4.78 is 28.0. The maximum absolute atomic E-state index is 11.7. The summed E-state index contributed by atoms with van der Waals surface area (Å²) in [6.45, 7) is 1.14. The van der Waals surface area contributed by atoms with E-state index in [1.54, 1.807) is 11.3 Å². The average molecular weight is 317 g/mol. The number of thiophene rings is 1. The second-order valence-electron chi connectivity index (χ2n) is 4.88. The average Bonchev–Trinajstić information content (AvgIpc) is 2.97. The molecule has 1 aliphatic heterocycles. The molecule has 1 saturated heterocycles. The number of ether oxygens (including phenoxy) is 1. The standard InChI is InChI=1S/C13H19NO4S2/c1-18-13(15)7-10-4-5-11(19-10)8-14-9-12-3-2-6-20(12,16)17/h4-5,12,14H,2-3,6-9H2,1H3. The molecule has 1 aromatic heterocycles. The van der Waals surface area contributed by atoms with E-state index in [1.165, 1.54) is 7.11 Å². The molecule has 0 bridgehead atoms. The highest BCUT2D eigenvalue weighted by molar-refractivity contribution is 7.92. The molecule has 0 saturated carbocycles. The Hall–Kier alpha value is -0.920. The molecule has 2 heterocycles. The molecule has 1 atom stereocenters. The molecule has 0 amide bonds. The first-order valence-electron chi connectivity index (χ1n) is 6.58. The van der Waals surface area contributed by atoms with Crippen LogP contribution in [0.2, 0.25) is 0 Å². The minimum absolute atomic E-state index is 0.239. The Balaban J connectivity index is 1.79. The van der Waals surface area contributed by atoms with E-state index in [0.29, 0.717) is 18.8 Å². The molecule has 20 heavy (non-hydrogen) atoms. The Kier molecular flexibility index (Phi) is 5.17. The van der Waals surface area contributed by atoms with E-state index in [4.69, 9.17) is 0 Å². The topological polar surface area (TPSA) is 72.5 Å². The smallest absolute Gasteiger partial charge is 0.310 e. The number of hydrogen-bond acceptors (Lipinski definition) is 6. The zero-order valence-corrected chi connectivity index (χ0v) is 13.1. The fourth-order valence-electron chi connectivity index (χ4n) is 2.27. The largest absolute Gasteiger partial charge is 0.469 e. The van der Waals surface area contributed by atoms with Gasteiger partial charge in [-0.2, -0.15) is 0 Å². The molecule has 2 rings (SSSR count). The van der Waals surface area contributed by atoms with Crippen LogP contribution in [0.5, 0.6) is 0 Å². The normalized spacial score (nSPS) is 20.9. The van der Waals surface area contributed by atoms with E-state index >= 15 is 0 Å². The van der Waals surface area contributed by atoms with Crippen LogP contribution in [-0.4, -0.2) is 39.0 Å². The molecule has 0 radical (unpaired) electrons. The Morgan fingerprint density at radius 2 is 2.20 bits per heavy atom. The van der Waals surface area contributed by atoms with Crippen LogP contribution in [0.3, 0.4) is 0 Å². The van der Waals surface area contributed by atoms with Crippen molar-refractivity contribution in [3.05, 3.63) is 21.9 Å². The quantitative estimate of drug-likeness (QED) is 0.796. The zero-order chi connectivity index (χ0) is 14.6. The fraction of sp³-hybridized carbons (Fsp3) is 0.615. The van der Waals surface area contributed by atoms with Crippen LogP contribution >= 0.6 is 11.3 Å². The number of esters is 1. The highest BCUT2D eigenvalue weighted by Gasteiger charge is 2.30. The molecule has 0 spiro atoms. The van der Waals surface area contributed by atoms with Crippen molar-refractivity contribution >= 4 is 27.1 Å². The van der Waals surface area contributed by atoms with E-state index in [0.717, 1.165) is 22.6 Å². The lowest BCUT2D eigenvalue weighted by Gasteiger charge is -2.09. The molecule has 112 valence electrons. The lowest BCUT2D eigenvalue weighted by atomic mass is 10.2. The molecular weight excluding hydrogens is 298 g/mol. The second-order valence-corrected chi connectivity index (χ2v) is 8.54. The summed E-state index contributed by atoms with van der Waals surface area (Å²) in [6.07, 6.45) is 1.82. The summed E-state index contributed by atoms with van der Waals surface area (Å²) in [4.78, 5) is 13.2. The van der Waals surface area contributed by atoms with Crippen molar-refractivity contribution in [2.75, 3.05) is 19.4 Å². The van der Waals surface area contributed by atoms with Gasteiger partial charge in [0.05, 0.1) is 24.5 Å². The fourth-order valence-corrected chi connectivity index (χ4v) is 5.04. The highest BCUT2D eigenvalue weighted by atomic mass is 32.2. The number of carbonyl (C=O) groups is 1. The summed E-state index contributed by atoms with van der Waals surface area (Å²) in [6, 6.07) is 3.87. The minimum atomic E-state index is -2.88. The first-order chi connectivity index (χ1) is 9.51. The third kappa shape index (κ3) is 4.04. The number of carbonyl (C=O) groups excluding carboxylic acids is 1. The van der Waals surface area contributed by atoms with Crippen molar-refractivity contribution in [3.8, 4) is 0 Å². The van der Waals surface area contributed by atoms with Crippen LogP contribution in [0.25, 0.3) is 0 Å². The van der Waals surface area contributed by atoms with Crippen LogP contribution in [0.15, 0.2) is 12.1 Å². The Labute approximate surface area is 123 Å². The van der Waals surface area contributed by atoms with Crippen molar-refractivity contribution in [2.45, 2.75) is 31.1 Å². The van der Waals surface area contributed by atoms with Gasteiger partial charge in [-0.3, -0.25) is 4.79 Å². The summed E-state index contributed by atoms with van der Waals surface area (Å²) in [5, 5.41) is 2.96. The Morgan fingerprint density at radius 3 is 2.85 bits per heavy atom. The van der Waals surface area contributed by atoms with E-state index < -0.39 is 9.84 Å². The van der Waals surface area contributed by atoms with Gasteiger partial charge in [-0.1, -0.05) is 0 Å². The second kappa shape index (κ2) is 6.69. The van der Waals surface area contributed by atoms with Crippen LogP contribution < -0.4 is 5.32 Å². The third-order valence-corrected chi connectivity index (χ3v) is 6.76. The molecule has 0 aliphatic carbocycles. The Bertz CT molecular complexity index is 565. The third-order valence-electron chi connectivity index (χ3n) is 3.40.